The Kier molecular flexibility index (Phi) is 5.84. The molecule has 0 spiro atoms. The van der Waals surface area contributed by atoms with Crippen molar-refractivity contribution >= 4 is 34.2 Å². The number of carbonyl (C=O) groups excluding carboxylic acids is 1. The number of rotatable bonds is 4. The van der Waals surface area contributed by atoms with Crippen molar-refractivity contribution in [2.45, 2.75) is 19.4 Å². The Labute approximate surface area is 168 Å². The highest BCUT2D eigenvalue weighted by Crippen LogP contribution is 2.48. The van der Waals surface area contributed by atoms with E-state index in [2.05, 4.69) is 10.3 Å². The summed E-state index contributed by atoms with van der Waals surface area (Å²) < 4.78 is 22.9. The first-order chi connectivity index (χ1) is 13.2. The molecule has 0 bridgehead atoms. The normalized spacial score (nSPS) is 17.2. The summed E-state index contributed by atoms with van der Waals surface area (Å²) in [4.78, 5) is 29.0. The number of amides is 1. The number of aromatic hydroxyl groups is 1. The van der Waals surface area contributed by atoms with E-state index in [1.165, 1.54) is 11.4 Å². The van der Waals surface area contributed by atoms with Crippen LogP contribution in [0, 0.1) is 0 Å². The lowest BCUT2D eigenvalue weighted by atomic mass is 10.2. The zero-order chi connectivity index (χ0) is 20.5. The average Bonchev–Trinajstić information content (AvgIpc) is 2.66. The fraction of sp³-hybridized carbons (Fsp3) is 0.353. The van der Waals surface area contributed by atoms with Crippen LogP contribution >= 0.6 is 22.4 Å². The summed E-state index contributed by atoms with van der Waals surface area (Å²) in [7, 11) is -1.79. The Hall–Kier alpha value is -2.27. The molecule has 0 radical (unpaired) electrons. The van der Waals surface area contributed by atoms with Crippen molar-refractivity contribution in [2.24, 2.45) is 7.05 Å². The molecular formula is C17H21ClN4O5S. The van der Waals surface area contributed by atoms with Crippen LogP contribution in [0.15, 0.2) is 29.1 Å². The van der Waals surface area contributed by atoms with E-state index in [-0.39, 0.29) is 24.8 Å². The fourth-order valence-corrected chi connectivity index (χ4v) is 4.65. The highest BCUT2D eigenvalue weighted by atomic mass is 35.5. The maximum absolute atomic E-state index is 12.5. The summed E-state index contributed by atoms with van der Waals surface area (Å²) in [5.74, 6) is -1.46. The molecule has 2 aromatic rings. The van der Waals surface area contributed by atoms with Gasteiger partial charge in [-0.3, -0.25) is 23.3 Å². The molecule has 1 aromatic heterocycles. The number of benzene rings is 1. The Morgan fingerprint density at radius 1 is 1.29 bits per heavy atom. The minimum Gasteiger partial charge on any atom is -0.501 e. The second kappa shape index (κ2) is 8.00. The molecule has 11 heteroatoms. The van der Waals surface area contributed by atoms with Gasteiger partial charge in [-0.1, -0.05) is 23.7 Å². The average molecular weight is 429 g/mol. The molecule has 1 saturated heterocycles. The van der Waals surface area contributed by atoms with Crippen LogP contribution in [0.2, 0.25) is 5.02 Å². The van der Waals surface area contributed by atoms with Gasteiger partial charge in [-0.25, -0.2) is 9.29 Å². The van der Waals surface area contributed by atoms with Crippen LogP contribution in [0.1, 0.15) is 28.9 Å². The van der Waals surface area contributed by atoms with Crippen molar-refractivity contribution in [1.29, 1.82) is 0 Å². The largest absolute Gasteiger partial charge is 0.501 e. The van der Waals surface area contributed by atoms with E-state index in [0.717, 1.165) is 10.1 Å². The van der Waals surface area contributed by atoms with Crippen molar-refractivity contribution in [2.75, 3.05) is 16.6 Å². The zero-order valence-corrected chi connectivity index (χ0v) is 16.7. The predicted molar refractivity (Wildman–Crippen MR) is 108 cm³/mol. The first-order valence-corrected chi connectivity index (χ1v) is 10.6. The molecule has 3 rings (SSSR count). The van der Waals surface area contributed by atoms with Gasteiger partial charge >= 0.3 is 0 Å². The van der Waals surface area contributed by atoms with Gasteiger partial charge in [0.25, 0.3) is 11.5 Å². The van der Waals surface area contributed by atoms with Gasteiger partial charge in [0.2, 0.25) is 11.7 Å². The molecule has 4 N–H and O–H groups in total. The van der Waals surface area contributed by atoms with Crippen molar-refractivity contribution in [3.8, 4) is 5.75 Å². The van der Waals surface area contributed by atoms with Gasteiger partial charge in [0.05, 0.1) is 5.75 Å². The minimum absolute atomic E-state index is 0.0702. The van der Waals surface area contributed by atoms with Gasteiger partial charge in [-0.15, -0.1) is 10.8 Å². The lowest BCUT2D eigenvalue weighted by Crippen LogP contribution is -2.39. The second-order valence-electron chi connectivity index (χ2n) is 6.43. The van der Waals surface area contributed by atoms with Crippen LogP contribution in [-0.4, -0.2) is 42.0 Å². The molecule has 0 aliphatic carbocycles. The molecule has 2 heterocycles. The summed E-state index contributed by atoms with van der Waals surface area (Å²) in [5, 5.41) is 13.3. The third-order valence-corrected chi connectivity index (χ3v) is 6.57. The Morgan fingerprint density at radius 3 is 2.61 bits per heavy atom. The van der Waals surface area contributed by atoms with Crippen LogP contribution < -0.4 is 15.2 Å². The summed E-state index contributed by atoms with van der Waals surface area (Å²) in [6.07, 6.45) is 1.32. The van der Waals surface area contributed by atoms with Crippen LogP contribution in [0.3, 0.4) is 0 Å². The molecule has 152 valence electrons. The number of aromatic nitrogens is 2. The van der Waals surface area contributed by atoms with Crippen molar-refractivity contribution in [1.82, 2.24) is 14.9 Å². The highest BCUT2D eigenvalue weighted by molar-refractivity contribution is 8.25. The van der Waals surface area contributed by atoms with Crippen LogP contribution in [0.25, 0.3) is 0 Å². The Bertz CT molecular complexity index is 948. The molecule has 1 aromatic carbocycles. The maximum Gasteiger partial charge on any atom is 0.297 e. The standard InChI is InChI=1S/C17H21ClN4O5S/c1-21-16(25)14(23)13(15(24)19-10-11-4-6-12(18)7-5-11)20-17(21)22-8-2-3-9-28(22,26)27/h4-7,23,26-27H,2-3,8-10H2,1H3,(H,19,24). The molecule has 1 fully saturated rings. The fourth-order valence-electron chi connectivity index (χ4n) is 2.87. The van der Waals surface area contributed by atoms with Gasteiger partial charge in [0.1, 0.15) is 0 Å². The number of anilines is 1. The molecule has 28 heavy (non-hydrogen) atoms. The van der Waals surface area contributed by atoms with Crippen molar-refractivity contribution in [3.05, 3.63) is 50.9 Å². The maximum atomic E-state index is 12.5. The summed E-state index contributed by atoms with van der Waals surface area (Å²) in [6, 6.07) is 6.81. The summed E-state index contributed by atoms with van der Waals surface area (Å²) in [6.45, 7) is 0.416. The second-order valence-corrected chi connectivity index (χ2v) is 8.98. The van der Waals surface area contributed by atoms with E-state index in [4.69, 9.17) is 11.6 Å². The number of carbonyl (C=O) groups is 1. The van der Waals surface area contributed by atoms with Gasteiger partial charge < -0.3 is 10.4 Å². The van der Waals surface area contributed by atoms with E-state index < -0.39 is 33.7 Å². The van der Waals surface area contributed by atoms with E-state index >= 15 is 0 Å². The van der Waals surface area contributed by atoms with E-state index in [1.807, 2.05) is 0 Å². The first kappa shape index (κ1) is 20.5. The Morgan fingerprint density at radius 2 is 1.96 bits per heavy atom. The molecule has 0 unspecified atom stereocenters. The van der Waals surface area contributed by atoms with E-state index in [1.54, 1.807) is 24.3 Å². The van der Waals surface area contributed by atoms with E-state index in [0.29, 0.717) is 17.9 Å². The highest BCUT2D eigenvalue weighted by Gasteiger charge is 2.31. The third kappa shape index (κ3) is 4.09. The molecule has 1 aliphatic rings. The molecule has 0 atom stereocenters. The summed E-state index contributed by atoms with van der Waals surface area (Å²) in [5.41, 5.74) is -0.540. The lowest BCUT2D eigenvalue weighted by molar-refractivity contribution is 0.0942. The lowest BCUT2D eigenvalue weighted by Gasteiger charge is -2.46. The van der Waals surface area contributed by atoms with Gasteiger partial charge in [0.15, 0.2) is 5.69 Å². The quantitative estimate of drug-likeness (QED) is 0.588. The molecule has 0 saturated carbocycles. The van der Waals surface area contributed by atoms with Gasteiger partial charge in [-0.2, -0.15) is 0 Å². The predicted octanol–water partition coefficient (Wildman–Crippen LogP) is 2.34. The SMILES string of the molecule is Cn1c(N2CCCCS2(O)O)nc(C(=O)NCc2ccc(Cl)cc2)c(O)c1=O. The minimum atomic E-state index is -3.15. The number of nitrogens with one attached hydrogen (secondary N) is 1. The first-order valence-electron chi connectivity index (χ1n) is 8.57. The van der Waals surface area contributed by atoms with Gasteiger partial charge in [-0.05, 0) is 30.5 Å². The van der Waals surface area contributed by atoms with Crippen LogP contribution in [0.5, 0.6) is 5.75 Å². The molecule has 9 nitrogen and oxygen atoms in total. The molecular weight excluding hydrogens is 408 g/mol. The van der Waals surface area contributed by atoms with Crippen molar-refractivity contribution < 1.29 is 19.0 Å². The monoisotopic (exact) mass is 428 g/mol. The van der Waals surface area contributed by atoms with Crippen LogP contribution in [-0.2, 0) is 13.6 Å². The summed E-state index contributed by atoms with van der Waals surface area (Å²) >= 11 is 5.83. The van der Waals surface area contributed by atoms with Crippen LogP contribution in [0.4, 0.5) is 5.95 Å². The Balaban J connectivity index is 1.90. The number of hydrogen-bond donors (Lipinski definition) is 4. The molecule has 1 amide bonds. The zero-order valence-electron chi connectivity index (χ0n) is 15.1. The number of halogens is 1. The van der Waals surface area contributed by atoms with E-state index in [9.17, 15) is 23.8 Å². The van der Waals surface area contributed by atoms with Gasteiger partial charge in [0, 0.05) is 25.2 Å². The number of nitrogens with zero attached hydrogens (tertiary/aromatic N) is 3. The molecule has 1 aliphatic heterocycles. The topological polar surface area (TPSA) is 128 Å². The smallest absolute Gasteiger partial charge is 0.297 e. The van der Waals surface area contributed by atoms with Crippen molar-refractivity contribution in [3.63, 3.8) is 0 Å². The third-order valence-electron chi connectivity index (χ3n) is 4.43. The number of hydrogen-bond acceptors (Lipinski definition) is 7.